The fraction of sp³-hybridized carbons (Fsp3) is 0.333. The zero-order chi connectivity index (χ0) is 21.8. The number of rotatable bonds is 4. The number of nitrogens with zero attached hydrogens (tertiary/aromatic N) is 5. The fourth-order valence-corrected chi connectivity index (χ4v) is 6.87. The van der Waals surface area contributed by atoms with E-state index in [2.05, 4.69) is 20.3 Å². The Kier molecular flexibility index (Phi) is 4.45. The highest BCUT2D eigenvalue weighted by molar-refractivity contribution is 7.93. The van der Waals surface area contributed by atoms with Crippen molar-refractivity contribution in [2.24, 2.45) is 7.05 Å². The van der Waals surface area contributed by atoms with Crippen LogP contribution in [-0.4, -0.2) is 51.9 Å². The third-order valence-electron chi connectivity index (χ3n) is 6.21. The summed E-state index contributed by atoms with van der Waals surface area (Å²) in [6, 6.07) is 10.1. The highest BCUT2D eigenvalue weighted by Gasteiger charge is 2.60. The van der Waals surface area contributed by atoms with Gasteiger partial charge in [0.2, 0.25) is 15.8 Å². The van der Waals surface area contributed by atoms with Crippen molar-refractivity contribution >= 4 is 15.8 Å². The number of aromatic nitrogens is 4. The minimum atomic E-state index is -3.76. The molecule has 2 fully saturated rings. The average molecular weight is 439 g/mol. The molecule has 2 saturated heterocycles. The molecule has 2 aromatic heterocycles. The molecule has 3 aromatic rings. The Hall–Kier alpha value is -3.11. The lowest BCUT2D eigenvalue weighted by Gasteiger charge is -2.39. The lowest BCUT2D eigenvalue weighted by molar-refractivity contribution is 0.497. The molecule has 10 heteroatoms. The zero-order valence-corrected chi connectivity index (χ0v) is 18.0. The minimum absolute atomic E-state index is 0.00148. The van der Waals surface area contributed by atoms with Gasteiger partial charge in [-0.2, -0.15) is 0 Å². The van der Waals surface area contributed by atoms with Crippen LogP contribution in [-0.2, 0) is 16.9 Å². The predicted octanol–water partition coefficient (Wildman–Crippen LogP) is 0.898. The monoisotopic (exact) mass is 438 g/mol. The first-order valence-electron chi connectivity index (χ1n) is 9.99. The van der Waals surface area contributed by atoms with Gasteiger partial charge in [0.25, 0.3) is 5.56 Å². The summed E-state index contributed by atoms with van der Waals surface area (Å²) < 4.78 is 29.3. The van der Waals surface area contributed by atoms with Crippen LogP contribution in [0, 0.1) is 6.92 Å². The summed E-state index contributed by atoms with van der Waals surface area (Å²) in [6.07, 6.45) is 3.39. The van der Waals surface area contributed by atoms with Gasteiger partial charge in [-0.3, -0.25) is 9.36 Å². The van der Waals surface area contributed by atoms with Gasteiger partial charge in [0, 0.05) is 44.9 Å². The minimum Gasteiger partial charge on any atom is -0.319 e. The van der Waals surface area contributed by atoms with E-state index in [1.165, 1.54) is 17.0 Å². The lowest BCUT2D eigenvalue weighted by atomic mass is 10.2. The van der Waals surface area contributed by atoms with Crippen LogP contribution in [0.15, 0.2) is 58.6 Å². The van der Waals surface area contributed by atoms with Crippen molar-refractivity contribution in [1.82, 2.24) is 24.8 Å². The zero-order valence-electron chi connectivity index (χ0n) is 17.2. The third-order valence-corrected chi connectivity index (χ3v) is 8.78. The Bertz CT molecular complexity index is 1320. The van der Waals surface area contributed by atoms with Crippen LogP contribution in [0.2, 0.25) is 0 Å². The van der Waals surface area contributed by atoms with E-state index in [1.54, 1.807) is 49.3 Å². The van der Waals surface area contributed by atoms with Crippen molar-refractivity contribution in [2.75, 3.05) is 18.0 Å². The molecule has 2 aliphatic heterocycles. The van der Waals surface area contributed by atoms with E-state index in [4.69, 9.17) is 0 Å². The van der Waals surface area contributed by atoms with Crippen molar-refractivity contribution < 1.29 is 8.42 Å². The number of benzene rings is 1. The van der Waals surface area contributed by atoms with E-state index >= 15 is 0 Å². The number of hydrogen-bond acceptors (Lipinski definition) is 8. The van der Waals surface area contributed by atoms with Crippen molar-refractivity contribution in [3.05, 3.63) is 64.8 Å². The summed E-state index contributed by atoms with van der Waals surface area (Å²) in [5.41, 5.74) is 1.31. The molecule has 0 spiro atoms. The Balaban J connectivity index is 1.69. The first kappa shape index (κ1) is 19.8. The molecule has 0 amide bonds. The molecule has 0 radical (unpaired) electrons. The van der Waals surface area contributed by atoms with Crippen molar-refractivity contribution in [1.29, 1.82) is 0 Å². The molecular formula is C21H22N6O3S. The van der Waals surface area contributed by atoms with Gasteiger partial charge in [-0.25, -0.2) is 23.4 Å². The molecule has 0 saturated carbocycles. The Morgan fingerprint density at radius 2 is 2.00 bits per heavy atom. The first-order chi connectivity index (χ1) is 14.8. The number of aryl methyl sites for hydroxylation is 1. The number of fused-ring (bicyclic) bond motifs is 2. The Morgan fingerprint density at radius 3 is 2.71 bits per heavy atom. The SMILES string of the molecule is Cc1ccccc1S(=O)(=O)[C@]12CNC(CN1c1nc(-c3ccncn3)cc(=O)n1C)C2. The van der Waals surface area contributed by atoms with E-state index in [-0.39, 0.29) is 18.1 Å². The van der Waals surface area contributed by atoms with Crippen LogP contribution in [0.1, 0.15) is 12.0 Å². The molecule has 1 N–H and O–H groups in total. The summed E-state index contributed by atoms with van der Waals surface area (Å²) >= 11 is 0. The molecule has 1 aromatic carbocycles. The predicted molar refractivity (Wildman–Crippen MR) is 115 cm³/mol. The highest BCUT2D eigenvalue weighted by Crippen LogP contribution is 2.44. The van der Waals surface area contributed by atoms with Crippen LogP contribution in [0.25, 0.3) is 11.4 Å². The van der Waals surface area contributed by atoms with Crippen molar-refractivity contribution in [3.8, 4) is 11.4 Å². The maximum atomic E-state index is 14.0. The van der Waals surface area contributed by atoms with Gasteiger partial charge in [-0.1, -0.05) is 18.2 Å². The second kappa shape index (κ2) is 6.96. The lowest BCUT2D eigenvalue weighted by Crippen LogP contribution is -2.58. The number of hydrogen-bond donors (Lipinski definition) is 1. The number of anilines is 1. The van der Waals surface area contributed by atoms with Crippen LogP contribution >= 0.6 is 0 Å². The van der Waals surface area contributed by atoms with Crippen LogP contribution in [0.3, 0.4) is 0 Å². The van der Waals surface area contributed by atoms with E-state index < -0.39 is 14.7 Å². The Labute approximate surface area is 179 Å². The van der Waals surface area contributed by atoms with Gasteiger partial charge in [0.05, 0.1) is 16.3 Å². The maximum absolute atomic E-state index is 14.0. The van der Waals surface area contributed by atoms with Gasteiger partial charge in [0.15, 0.2) is 4.87 Å². The third kappa shape index (κ3) is 2.89. The topological polar surface area (TPSA) is 110 Å². The van der Waals surface area contributed by atoms with E-state index in [1.807, 2.05) is 6.07 Å². The van der Waals surface area contributed by atoms with Gasteiger partial charge in [0.1, 0.15) is 6.33 Å². The van der Waals surface area contributed by atoms with E-state index in [9.17, 15) is 13.2 Å². The van der Waals surface area contributed by atoms with Crippen LogP contribution < -0.4 is 15.8 Å². The standard InChI is InChI=1S/C21H22N6O3S/c1-14-5-3-4-6-18(14)31(29,30)21-10-15(23-12-21)11-27(21)20-25-17(9-19(28)26(20)2)16-7-8-22-13-24-16/h3-9,13,15,23H,10-12H2,1-2H3/t15?,21-/m1/s1. The van der Waals surface area contributed by atoms with Crippen molar-refractivity contribution in [3.63, 3.8) is 0 Å². The fourth-order valence-electron chi connectivity index (χ4n) is 4.57. The Morgan fingerprint density at radius 1 is 1.19 bits per heavy atom. The van der Waals surface area contributed by atoms with Gasteiger partial charge in [-0.05, 0) is 24.6 Å². The van der Waals surface area contributed by atoms with Crippen molar-refractivity contribution in [2.45, 2.75) is 29.2 Å². The molecule has 5 rings (SSSR count). The van der Waals surface area contributed by atoms with Crippen LogP contribution in [0.5, 0.6) is 0 Å². The molecule has 31 heavy (non-hydrogen) atoms. The second-order valence-electron chi connectivity index (χ2n) is 8.04. The average Bonchev–Trinajstić information content (AvgIpc) is 3.37. The summed E-state index contributed by atoms with van der Waals surface area (Å²) in [5.74, 6) is 0.322. The van der Waals surface area contributed by atoms with E-state index in [0.717, 1.165) is 0 Å². The quantitative estimate of drug-likeness (QED) is 0.640. The number of nitrogens with one attached hydrogen (secondary N) is 1. The maximum Gasteiger partial charge on any atom is 0.255 e. The summed E-state index contributed by atoms with van der Waals surface area (Å²) in [5, 5.41) is 3.32. The smallest absolute Gasteiger partial charge is 0.255 e. The molecular weight excluding hydrogens is 416 g/mol. The van der Waals surface area contributed by atoms with Crippen LogP contribution in [0.4, 0.5) is 5.95 Å². The van der Waals surface area contributed by atoms with E-state index in [0.29, 0.717) is 40.8 Å². The first-order valence-corrected chi connectivity index (χ1v) is 11.5. The largest absolute Gasteiger partial charge is 0.319 e. The molecule has 2 bridgehead atoms. The second-order valence-corrected chi connectivity index (χ2v) is 10.2. The normalized spacial score (nSPS) is 22.8. The highest BCUT2D eigenvalue weighted by atomic mass is 32.2. The van der Waals surface area contributed by atoms with Gasteiger partial charge in [-0.15, -0.1) is 0 Å². The summed E-state index contributed by atoms with van der Waals surface area (Å²) in [4.78, 5) is 26.4. The number of piperazine rings is 1. The summed E-state index contributed by atoms with van der Waals surface area (Å²) in [7, 11) is -2.15. The molecule has 2 atom stereocenters. The molecule has 1 unspecified atom stereocenters. The molecule has 0 aliphatic carbocycles. The summed E-state index contributed by atoms with van der Waals surface area (Å²) in [6.45, 7) is 2.51. The van der Waals surface area contributed by atoms with Gasteiger partial charge < -0.3 is 10.2 Å². The molecule has 4 heterocycles. The molecule has 9 nitrogen and oxygen atoms in total. The van der Waals surface area contributed by atoms with Gasteiger partial charge >= 0.3 is 0 Å². The molecule has 2 aliphatic rings. The molecule has 160 valence electrons. The number of sulfone groups is 1.